The van der Waals surface area contributed by atoms with Crippen LogP contribution in [0.1, 0.15) is 21.9 Å². The highest BCUT2D eigenvalue weighted by Crippen LogP contribution is 2.53. The number of aromatic amines is 1. The van der Waals surface area contributed by atoms with Gasteiger partial charge >= 0.3 is 4.87 Å². The highest BCUT2D eigenvalue weighted by atomic mass is 32.2. The summed E-state index contributed by atoms with van der Waals surface area (Å²) < 4.78 is 24.4. The highest BCUT2D eigenvalue weighted by Gasteiger charge is 2.56. The van der Waals surface area contributed by atoms with E-state index in [0.29, 0.717) is 32.6 Å². The van der Waals surface area contributed by atoms with E-state index in [9.17, 15) is 23.6 Å². The molecule has 3 heterocycles. The molecule has 3 amide bonds. The van der Waals surface area contributed by atoms with E-state index in [0.717, 1.165) is 16.9 Å². The van der Waals surface area contributed by atoms with E-state index >= 15 is 0 Å². The molecule has 9 nitrogen and oxygen atoms in total. The summed E-state index contributed by atoms with van der Waals surface area (Å²) in [7, 11) is 1.45. The van der Waals surface area contributed by atoms with Gasteiger partial charge in [0, 0.05) is 16.5 Å². The summed E-state index contributed by atoms with van der Waals surface area (Å²) in [6.07, 6.45) is 0. The summed E-state index contributed by atoms with van der Waals surface area (Å²) >= 11 is 2.22. The van der Waals surface area contributed by atoms with Gasteiger partial charge in [-0.1, -0.05) is 46.9 Å². The van der Waals surface area contributed by atoms with Crippen molar-refractivity contribution in [3.05, 3.63) is 98.2 Å². The van der Waals surface area contributed by atoms with Crippen molar-refractivity contribution in [1.82, 2.24) is 4.98 Å². The fourth-order valence-electron chi connectivity index (χ4n) is 5.19. The van der Waals surface area contributed by atoms with Crippen molar-refractivity contribution in [3.63, 3.8) is 0 Å². The Labute approximate surface area is 247 Å². The second-order valence-corrected chi connectivity index (χ2v) is 12.0. The summed E-state index contributed by atoms with van der Waals surface area (Å²) in [6.45, 7) is 1.59. The molecule has 2 aliphatic rings. The monoisotopic (exact) mass is 605 g/mol. The predicted molar refractivity (Wildman–Crippen MR) is 157 cm³/mol. The lowest BCUT2D eigenvalue weighted by atomic mass is 9.83. The summed E-state index contributed by atoms with van der Waals surface area (Å²) in [4.78, 5) is 56.7. The second kappa shape index (κ2) is 11.1. The fraction of sp³-hybridized carbons (Fsp3) is 0.200. The lowest BCUT2D eigenvalue weighted by Gasteiger charge is -2.30. The average Bonchev–Trinajstić information content (AvgIpc) is 3.47. The molecule has 42 heavy (non-hydrogen) atoms. The van der Waals surface area contributed by atoms with E-state index < -0.39 is 28.8 Å². The van der Waals surface area contributed by atoms with E-state index in [1.54, 1.807) is 30.3 Å². The van der Waals surface area contributed by atoms with Crippen molar-refractivity contribution in [2.75, 3.05) is 23.9 Å². The zero-order valence-corrected chi connectivity index (χ0v) is 24.0. The number of aromatic nitrogens is 1. The van der Waals surface area contributed by atoms with Gasteiger partial charge < -0.3 is 19.8 Å². The van der Waals surface area contributed by atoms with E-state index in [2.05, 4.69) is 10.3 Å². The predicted octanol–water partition coefficient (Wildman–Crippen LogP) is 4.71. The van der Waals surface area contributed by atoms with E-state index in [4.69, 9.17) is 9.47 Å². The smallest absolute Gasteiger partial charge is 0.305 e. The van der Waals surface area contributed by atoms with E-state index in [1.807, 2.05) is 19.1 Å². The van der Waals surface area contributed by atoms with Gasteiger partial charge in [0.2, 0.25) is 11.8 Å². The Hall–Kier alpha value is -4.42. The highest BCUT2D eigenvalue weighted by molar-refractivity contribution is 8.00. The summed E-state index contributed by atoms with van der Waals surface area (Å²) in [5.74, 6) is -2.28. The molecular weight excluding hydrogens is 581 g/mol. The van der Waals surface area contributed by atoms with Crippen molar-refractivity contribution in [1.29, 1.82) is 0 Å². The Morgan fingerprint density at radius 3 is 2.45 bits per heavy atom. The van der Waals surface area contributed by atoms with Crippen LogP contribution in [0.3, 0.4) is 0 Å². The molecule has 12 heteroatoms. The number of hydrogen-bond donors (Lipinski definition) is 2. The number of H-pyrrole nitrogens is 1. The van der Waals surface area contributed by atoms with Gasteiger partial charge in [-0.05, 0) is 61.0 Å². The van der Waals surface area contributed by atoms with Gasteiger partial charge in [0.05, 0.1) is 23.7 Å². The number of aryl methyl sites for hydroxylation is 1. The Morgan fingerprint density at radius 1 is 1.00 bits per heavy atom. The zero-order chi connectivity index (χ0) is 29.5. The molecule has 214 valence electrons. The van der Waals surface area contributed by atoms with Crippen molar-refractivity contribution in [3.8, 4) is 11.5 Å². The number of thioether (sulfide) groups is 1. The molecule has 3 aromatic carbocycles. The van der Waals surface area contributed by atoms with Crippen molar-refractivity contribution >= 4 is 52.2 Å². The van der Waals surface area contributed by atoms with Gasteiger partial charge in [-0.2, -0.15) is 0 Å². The van der Waals surface area contributed by atoms with Crippen molar-refractivity contribution in [2.45, 2.75) is 23.1 Å². The topological polar surface area (TPSA) is 118 Å². The fourth-order valence-corrected chi connectivity index (χ4v) is 7.71. The Bertz CT molecular complexity index is 1750. The lowest BCUT2D eigenvalue weighted by molar-refractivity contribution is -0.122. The van der Waals surface area contributed by atoms with Crippen LogP contribution in [0, 0.1) is 18.7 Å². The number of thiazole rings is 1. The number of nitrogens with one attached hydrogen (secondary N) is 2. The molecule has 0 radical (unpaired) electrons. The van der Waals surface area contributed by atoms with Gasteiger partial charge in [0.15, 0.2) is 18.1 Å². The van der Waals surface area contributed by atoms with Crippen LogP contribution in [0.5, 0.6) is 11.5 Å². The minimum Gasteiger partial charge on any atom is -0.493 e. The van der Waals surface area contributed by atoms with Crippen LogP contribution in [-0.2, 0) is 14.4 Å². The van der Waals surface area contributed by atoms with Crippen LogP contribution in [0.4, 0.5) is 15.8 Å². The van der Waals surface area contributed by atoms with Crippen LogP contribution in [0.15, 0.2) is 76.6 Å². The minimum atomic E-state index is -0.749. The molecule has 1 aromatic heterocycles. The summed E-state index contributed by atoms with van der Waals surface area (Å²) in [5, 5.41) is 2.47. The molecule has 1 saturated heterocycles. The van der Waals surface area contributed by atoms with Gasteiger partial charge in [0.25, 0.3) is 5.91 Å². The summed E-state index contributed by atoms with van der Waals surface area (Å²) in [5.41, 5.74) is 2.59. The van der Waals surface area contributed by atoms with Gasteiger partial charge in [-0.25, -0.2) is 9.29 Å². The number of anilines is 2. The van der Waals surface area contributed by atoms with E-state index in [1.165, 1.54) is 48.0 Å². The maximum atomic E-state index is 13.9. The molecular formula is C30H24FN3O6S2. The van der Waals surface area contributed by atoms with Crippen LogP contribution < -0.4 is 24.6 Å². The number of halogens is 1. The molecule has 0 unspecified atom stereocenters. The Kier molecular flexibility index (Phi) is 7.33. The van der Waals surface area contributed by atoms with E-state index in [-0.39, 0.29) is 29.0 Å². The maximum Gasteiger partial charge on any atom is 0.305 e. The second-order valence-electron chi connectivity index (χ2n) is 9.85. The molecule has 2 aliphatic heterocycles. The normalized spacial score (nSPS) is 19.3. The number of carbonyl (C=O) groups excluding carboxylic acids is 3. The van der Waals surface area contributed by atoms with Crippen LogP contribution in [0.2, 0.25) is 0 Å². The number of rotatable bonds is 7. The maximum absolute atomic E-state index is 13.9. The zero-order valence-electron chi connectivity index (χ0n) is 22.4. The molecule has 1 fully saturated rings. The van der Waals surface area contributed by atoms with Crippen LogP contribution in [-0.4, -0.2) is 41.7 Å². The first-order valence-corrected chi connectivity index (χ1v) is 14.6. The minimum absolute atomic E-state index is 0.271. The SMILES string of the molecule is COc1cc([C@@H]2c3sc(=O)[nH]c3S[C@H]3C(=O)N(c4ccc(C)cc4)C(=O)[C@@H]23)ccc1OCC(=O)Nc1ccc(F)cc1. The molecule has 6 rings (SSSR count). The van der Waals surface area contributed by atoms with Gasteiger partial charge in [-0.3, -0.25) is 19.2 Å². The van der Waals surface area contributed by atoms with Crippen molar-refractivity contribution < 1.29 is 28.2 Å². The standard InChI is InChI=1S/C30H24FN3O6S2/c1-15-3-10-19(11-4-15)34-28(36)24-23(25-27(33-30(38)42-25)41-26(24)29(34)37)16-5-12-20(21(13-16)39-2)40-14-22(35)32-18-8-6-17(31)7-9-18/h3-13,23-24,26H,14H2,1-2H3,(H,32,35)(H,33,38)/t23-,24-,26+/m0/s1. The third-order valence-electron chi connectivity index (χ3n) is 7.15. The first-order valence-electron chi connectivity index (χ1n) is 12.9. The molecule has 3 atom stereocenters. The number of methoxy groups -OCH3 is 1. The number of fused-ring (bicyclic) bond motifs is 2. The summed E-state index contributed by atoms with van der Waals surface area (Å²) in [6, 6.07) is 17.6. The van der Waals surface area contributed by atoms with Gasteiger partial charge in [-0.15, -0.1) is 0 Å². The molecule has 0 saturated carbocycles. The number of nitrogens with zero attached hydrogens (tertiary/aromatic N) is 1. The lowest BCUT2D eigenvalue weighted by Crippen LogP contribution is -2.32. The molecule has 2 N–H and O–H groups in total. The third-order valence-corrected chi connectivity index (χ3v) is 9.55. The number of benzene rings is 3. The quantitative estimate of drug-likeness (QED) is 0.293. The average molecular weight is 606 g/mol. The Morgan fingerprint density at radius 2 is 1.74 bits per heavy atom. The Balaban J connectivity index is 1.29. The molecule has 0 spiro atoms. The first kappa shape index (κ1) is 27.7. The largest absolute Gasteiger partial charge is 0.493 e. The molecule has 0 aliphatic carbocycles. The number of imide groups is 1. The number of carbonyl (C=O) groups is 3. The molecule has 4 aromatic rings. The van der Waals surface area contributed by atoms with Crippen LogP contribution >= 0.6 is 23.1 Å². The third kappa shape index (κ3) is 5.07. The number of amides is 3. The first-order chi connectivity index (χ1) is 20.2. The van der Waals surface area contributed by atoms with Crippen LogP contribution in [0.25, 0.3) is 0 Å². The van der Waals surface area contributed by atoms with Crippen molar-refractivity contribution in [2.24, 2.45) is 5.92 Å². The number of ether oxygens (including phenoxy) is 2. The van der Waals surface area contributed by atoms with Gasteiger partial charge in [0.1, 0.15) is 11.1 Å². The molecule has 0 bridgehead atoms. The number of hydrogen-bond acceptors (Lipinski definition) is 8.